The fourth-order valence-corrected chi connectivity index (χ4v) is 4.23. The van der Waals surface area contributed by atoms with Crippen LogP contribution in [0.2, 0.25) is 0 Å². The lowest BCUT2D eigenvalue weighted by Crippen LogP contribution is -2.13. The van der Waals surface area contributed by atoms with E-state index in [4.69, 9.17) is 0 Å². The maximum Gasteiger partial charge on any atom is 0.261 e. The second-order valence-corrected chi connectivity index (χ2v) is 8.08. The van der Waals surface area contributed by atoms with E-state index in [1.165, 1.54) is 12.1 Å². The summed E-state index contributed by atoms with van der Waals surface area (Å²) in [6, 6.07) is 23.7. The van der Waals surface area contributed by atoms with Gasteiger partial charge in [-0.1, -0.05) is 42.5 Å². The molecule has 7 heteroatoms. The maximum atomic E-state index is 12.5. The summed E-state index contributed by atoms with van der Waals surface area (Å²) in [5.74, 6) is 0. The van der Waals surface area contributed by atoms with Crippen molar-refractivity contribution in [1.82, 2.24) is 0 Å². The van der Waals surface area contributed by atoms with Gasteiger partial charge in [0.1, 0.15) is 11.0 Å². The average Bonchev–Trinajstić information content (AvgIpc) is 2.63. The number of hydrogen-bond acceptors (Lipinski definition) is 3. The Kier molecular flexibility index (Phi) is 5.16. The van der Waals surface area contributed by atoms with Gasteiger partial charge in [-0.2, -0.15) is 0 Å². The molecular formula is C18H16N2O3S2. The Morgan fingerprint density at radius 1 is 0.720 bits per heavy atom. The first-order valence-electron chi connectivity index (χ1n) is 7.46. The molecule has 3 aromatic carbocycles. The van der Waals surface area contributed by atoms with Crippen molar-refractivity contribution in [1.29, 1.82) is 0 Å². The average molecular weight is 372 g/mol. The number of rotatable bonds is 6. The van der Waals surface area contributed by atoms with E-state index in [9.17, 15) is 12.6 Å². The van der Waals surface area contributed by atoms with Gasteiger partial charge < -0.3 is 4.72 Å². The zero-order valence-corrected chi connectivity index (χ0v) is 14.8. The van der Waals surface area contributed by atoms with Crippen molar-refractivity contribution in [3.63, 3.8) is 0 Å². The first-order valence-corrected chi connectivity index (χ1v) is 10.1. The molecule has 0 radical (unpaired) electrons. The molecule has 0 fully saturated rings. The summed E-state index contributed by atoms with van der Waals surface area (Å²) in [6.45, 7) is 0. The number of benzene rings is 3. The molecule has 0 bridgehead atoms. The maximum absolute atomic E-state index is 12.5. The van der Waals surface area contributed by atoms with Crippen LogP contribution in [0.4, 0.5) is 11.4 Å². The van der Waals surface area contributed by atoms with Gasteiger partial charge >= 0.3 is 0 Å². The second-order valence-electron chi connectivity index (χ2n) is 5.18. The summed E-state index contributed by atoms with van der Waals surface area (Å²) in [5.41, 5.74) is 1.16. The molecule has 2 N–H and O–H groups in total. The van der Waals surface area contributed by atoms with Crippen LogP contribution in [0.15, 0.2) is 94.7 Å². The first-order chi connectivity index (χ1) is 12.0. The van der Waals surface area contributed by atoms with Crippen LogP contribution in [0.3, 0.4) is 0 Å². The summed E-state index contributed by atoms with van der Waals surface area (Å²) in [7, 11) is -5.32. The van der Waals surface area contributed by atoms with Gasteiger partial charge in [0, 0.05) is 11.4 Å². The van der Waals surface area contributed by atoms with E-state index in [2.05, 4.69) is 9.44 Å². The van der Waals surface area contributed by atoms with E-state index >= 15 is 0 Å². The van der Waals surface area contributed by atoms with Gasteiger partial charge in [0.25, 0.3) is 10.0 Å². The molecule has 0 aliphatic carbocycles. The van der Waals surface area contributed by atoms with Gasteiger partial charge in [0.15, 0.2) is 0 Å². The fourth-order valence-electron chi connectivity index (χ4n) is 2.15. The van der Waals surface area contributed by atoms with Crippen LogP contribution in [0.5, 0.6) is 0 Å². The van der Waals surface area contributed by atoms with Crippen molar-refractivity contribution in [3.05, 3.63) is 84.9 Å². The smallest absolute Gasteiger partial charge is 0.261 e. The zero-order valence-electron chi connectivity index (χ0n) is 13.1. The topological polar surface area (TPSA) is 75.3 Å². The molecule has 0 aliphatic heterocycles. The lowest BCUT2D eigenvalue weighted by Gasteiger charge is -2.10. The van der Waals surface area contributed by atoms with E-state index < -0.39 is 21.0 Å². The van der Waals surface area contributed by atoms with E-state index in [-0.39, 0.29) is 4.90 Å². The summed E-state index contributed by atoms with van der Waals surface area (Å²) >= 11 is 0. The number of nitrogens with one attached hydrogen (secondary N) is 2. The number of sulfonamides is 1. The minimum absolute atomic E-state index is 0.0528. The van der Waals surface area contributed by atoms with Gasteiger partial charge in [-0.3, -0.25) is 4.72 Å². The number of para-hydroxylation sites is 2. The predicted molar refractivity (Wildman–Crippen MR) is 100 cm³/mol. The van der Waals surface area contributed by atoms with Crippen molar-refractivity contribution < 1.29 is 12.6 Å². The van der Waals surface area contributed by atoms with Crippen LogP contribution >= 0.6 is 0 Å². The SMILES string of the molecule is O=S(Nc1ccccc1)c1cccc(S(=O)(=O)Nc2ccccc2)c1. The van der Waals surface area contributed by atoms with Crippen LogP contribution < -0.4 is 9.44 Å². The molecule has 0 amide bonds. The monoisotopic (exact) mass is 372 g/mol. The fraction of sp³-hybridized carbons (Fsp3) is 0. The third-order valence-corrected chi connectivity index (χ3v) is 5.82. The third kappa shape index (κ3) is 4.46. The Morgan fingerprint density at radius 2 is 1.32 bits per heavy atom. The molecular weight excluding hydrogens is 356 g/mol. The van der Waals surface area contributed by atoms with Crippen molar-refractivity contribution >= 4 is 32.4 Å². The highest BCUT2D eigenvalue weighted by Crippen LogP contribution is 2.19. The lowest BCUT2D eigenvalue weighted by atomic mass is 10.3. The molecule has 0 spiro atoms. The molecule has 0 aromatic heterocycles. The Bertz CT molecular complexity index is 975. The molecule has 3 aromatic rings. The Balaban J connectivity index is 1.82. The largest absolute Gasteiger partial charge is 0.301 e. The van der Waals surface area contributed by atoms with Crippen LogP contribution in [0.25, 0.3) is 0 Å². The van der Waals surface area contributed by atoms with Crippen LogP contribution in [-0.2, 0) is 21.0 Å². The molecule has 1 unspecified atom stereocenters. The molecule has 1 atom stereocenters. The highest BCUT2D eigenvalue weighted by atomic mass is 32.2. The molecule has 25 heavy (non-hydrogen) atoms. The standard InChI is InChI=1S/C18H16N2O3S2/c21-24(19-15-8-3-1-4-9-15)17-12-7-13-18(14-17)25(22,23)20-16-10-5-2-6-11-16/h1-14,19-20H. The summed E-state index contributed by atoms with van der Waals surface area (Å²) in [4.78, 5) is 0.428. The number of anilines is 2. The molecule has 0 saturated carbocycles. The molecule has 0 aliphatic rings. The van der Waals surface area contributed by atoms with E-state index in [0.717, 1.165) is 0 Å². The Hall–Kier alpha value is -2.64. The van der Waals surface area contributed by atoms with Crippen molar-refractivity contribution in [2.75, 3.05) is 9.44 Å². The number of hydrogen-bond donors (Lipinski definition) is 2. The van der Waals surface area contributed by atoms with Gasteiger partial charge in [0.05, 0.1) is 9.79 Å². The minimum Gasteiger partial charge on any atom is -0.301 e. The summed E-state index contributed by atoms with van der Waals surface area (Å²) in [6.07, 6.45) is 0. The normalized spacial score (nSPS) is 12.3. The van der Waals surface area contributed by atoms with Crippen LogP contribution in [0, 0.1) is 0 Å². The predicted octanol–water partition coefficient (Wildman–Crippen LogP) is 3.62. The van der Waals surface area contributed by atoms with Gasteiger partial charge in [-0.15, -0.1) is 0 Å². The zero-order chi connectivity index (χ0) is 17.7. The van der Waals surface area contributed by atoms with Crippen molar-refractivity contribution in [2.45, 2.75) is 9.79 Å². The van der Waals surface area contributed by atoms with Gasteiger partial charge in [-0.05, 0) is 42.5 Å². The second kappa shape index (κ2) is 7.50. The summed E-state index contributed by atoms with van der Waals surface area (Å²) < 4.78 is 42.8. The highest BCUT2D eigenvalue weighted by molar-refractivity contribution is 7.92. The van der Waals surface area contributed by atoms with Gasteiger partial charge in [-0.25, -0.2) is 12.6 Å². The minimum atomic E-state index is -3.75. The van der Waals surface area contributed by atoms with Crippen LogP contribution in [-0.4, -0.2) is 12.6 Å². The van der Waals surface area contributed by atoms with E-state index in [0.29, 0.717) is 16.3 Å². The lowest BCUT2D eigenvalue weighted by molar-refractivity contribution is 0.601. The van der Waals surface area contributed by atoms with Gasteiger partial charge in [0.2, 0.25) is 0 Å². The molecule has 3 rings (SSSR count). The van der Waals surface area contributed by atoms with Crippen LogP contribution in [0.1, 0.15) is 0 Å². The molecule has 128 valence electrons. The molecule has 0 saturated heterocycles. The highest BCUT2D eigenvalue weighted by Gasteiger charge is 2.16. The Morgan fingerprint density at radius 3 is 1.96 bits per heavy atom. The molecule has 0 heterocycles. The molecule has 5 nitrogen and oxygen atoms in total. The van der Waals surface area contributed by atoms with Crippen molar-refractivity contribution in [2.24, 2.45) is 0 Å². The van der Waals surface area contributed by atoms with E-state index in [1.54, 1.807) is 54.6 Å². The van der Waals surface area contributed by atoms with Crippen molar-refractivity contribution in [3.8, 4) is 0 Å². The summed E-state index contributed by atoms with van der Waals surface area (Å²) in [5, 5.41) is 0. The Labute approximate surface area is 149 Å². The first kappa shape index (κ1) is 17.2. The quantitative estimate of drug-likeness (QED) is 0.694. The van der Waals surface area contributed by atoms with E-state index in [1.807, 2.05) is 18.2 Å². The third-order valence-electron chi connectivity index (χ3n) is 3.34.